The molecule has 6 heteroatoms. The maximum Gasteiger partial charge on any atom is 0.333 e. The molecule has 0 spiro atoms. The maximum atomic E-state index is 12.1. The van der Waals surface area contributed by atoms with E-state index in [1.807, 2.05) is 6.07 Å². The van der Waals surface area contributed by atoms with E-state index in [1.54, 1.807) is 0 Å². The highest BCUT2D eigenvalue weighted by Gasteiger charge is 2.40. The predicted octanol–water partition coefficient (Wildman–Crippen LogP) is 7.22. The Morgan fingerprint density at radius 2 is 1.56 bits per heavy atom. The third-order valence-corrected chi connectivity index (χ3v) is 11.8. The van der Waals surface area contributed by atoms with E-state index in [9.17, 15) is 9.59 Å². The van der Waals surface area contributed by atoms with Gasteiger partial charge in [-0.3, -0.25) is 4.79 Å². The van der Waals surface area contributed by atoms with Crippen molar-refractivity contribution in [2.24, 2.45) is 0 Å². The number of benzene rings is 2. The van der Waals surface area contributed by atoms with Crippen LogP contribution in [0.2, 0.25) is 18.1 Å². The minimum atomic E-state index is -2.01. The van der Waals surface area contributed by atoms with Crippen LogP contribution < -0.4 is 0 Å². The molecule has 3 rings (SSSR count). The highest BCUT2D eigenvalue weighted by atomic mass is 28.4. The molecule has 0 aliphatic carbocycles. The van der Waals surface area contributed by atoms with Crippen molar-refractivity contribution >= 4 is 20.3 Å². The Hall–Kier alpha value is -2.70. The molecule has 1 aliphatic heterocycles. The van der Waals surface area contributed by atoms with Crippen LogP contribution in [0.1, 0.15) is 58.9 Å². The van der Waals surface area contributed by atoms with Crippen LogP contribution in [-0.2, 0) is 29.9 Å². The van der Waals surface area contributed by atoms with Crippen molar-refractivity contribution in [3.05, 3.63) is 71.8 Å². The Kier molecular flexibility index (Phi) is 10.5. The first kappa shape index (κ1) is 27.9. The Balaban J connectivity index is 1.54. The third kappa shape index (κ3) is 7.65. The van der Waals surface area contributed by atoms with Crippen LogP contribution in [0.4, 0.5) is 0 Å². The molecule has 1 heterocycles. The van der Waals surface area contributed by atoms with E-state index >= 15 is 0 Å². The second kappa shape index (κ2) is 13.6. The van der Waals surface area contributed by atoms with Gasteiger partial charge in [0.05, 0.1) is 0 Å². The molecule has 2 unspecified atom stereocenters. The van der Waals surface area contributed by atoms with Crippen molar-refractivity contribution in [1.29, 1.82) is 0 Å². The summed E-state index contributed by atoms with van der Waals surface area (Å²) in [4.78, 5) is 24.0. The van der Waals surface area contributed by atoms with Crippen LogP contribution in [0.15, 0.2) is 66.2 Å². The van der Waals surface area contributed by atoms with Crippen LogP contribution in [0.3, 0.4) is 0 Å². The lowest BCUT2D eigenvalue weighted by Crippen LogP contribution is -2.42. The van der Waals surface area contributed by atoms with Crippen molar-refractivity contribution in [2.45, 2.75) is 90.3 Å². The van der Waals surface area contributed by atoms with Gasteiger partial charge in [-0.25, -0.2) is 4.79 Å². The SMILES string of the molecule is CC[Si](CC)(CC)OC1OC(=O)C=C1C(CCCCCc1ccc(-c2ccccc2)cc1)OC(C)=O. The molecule has 0 saturated heterocycles. The average molecular weight is 509 g/mol. The summed E-state index contributed by atoms with van der Waals surface area (Å²) in [7, 11) is -2.01. The van der Waals surface area contributed by atoms with Gasteiger partial charge in [-0.15, -0.1) is 0 Å². The Morgan fingerprint density at radius 3 is 2.17 bits per heavy atom. The summed E-state index contributed by atoms with van der Waals surface area (Å²) in [5, 5.41) is 0. The number of carbonyl (C=O) groups is 2. The first-order valence-electron chi connectivity index (χ1n) is 13.3. The highest BCUT2D eigenvalue weighted by Crippen LogP contribution is 2.32. The fourth-order valence-electron chi connectivity index (χ4n) is 4.80. The average Bonchev–Trinajstić information content (AvgIpc) is 3.26. The Morgan fingerprint density at radius 1 is 0.917 bits per heavy atom. The number of unbranched alkanes of at least 4 members (excludes halogenated alkanes) is 2. The lowest BCUT2D eigenvalue weighted by atomic mass is 9.99. The standard InChI is InChI=1S/C30H40O5Si/c1-5-36(6-2,7-3)35-30-27(22-29(32)34-30)28(33-23(4)31)17-13-8-10-14-24-18-20-26(21-19-24)25-15-11-9-12-16-25/h9,11-12,15-16,18-22,28,30H,5-8,10,13-14,17H2,1-4H3. The summed E-state index contributed by atoms with van der Waals surface area (Å²) in [5.41, 5.74) is 4.42. The van der Waals surface area contributed by atoms with Crippen molar-refractivity contribution in [3.8, 4) is 11.1 Å². The summed E-state index contributed by atoms with van der Waals surface area (Å²) in [6.07, 6.45) is 4.81. The Labute approximate surface area is 217 Å². The molecule has 0 saturated carbocycles. The highest BCUT2D eigenvalue weighted by molar-refractivity contribution is 6.73. The maximum absolute atomic E-state index is 12.1. The van der Waals surface area contributed by atoms with Crippen molar-refractivity contribution in [1.82, 2.24) is 0 Å². The van der Waals surface area contributed by atoms with Crippen LogP contribution in [0, 0.1) is 0 Å². The minimum absolute atomic E-state index is 0.359. The summed E-state index contributed by atoms with van der Waals surface area (Å²) < 4.78 is 17.6. The number of ether oxygens (including phenoxy) is 2. The monoisotopic (exact) mass is 508 g/mol. The molecular weight excluding hydrogens is 468 g/mol. The van der Waals surface area contributed by atoms with E-state index in [4.69, 9.17) is 13.9 Å². The molecule has 0 bridgehead atoms. The number of hydrogen-bond acceptors (Lipinski definition) is 5. The van der Waals surface area contributed by atoms with Gasteiger partial charge in [-0.1, -0.05) is 81.8 Å². The van der Waals surface area contributed by atoms with E-state index in [0.29, 0.717) is 12.0 Å². The Bertz CT molecular complexity index is 1000. The van der Waals surface area contributed by atoms with E-state index in [1.165, 1.54) is 29.7 Å². The van der Waals surface area contributed by atoms with E-state index < -0.39 is 26.7 Å². The molecule has 36 heavy (non-hydrogen) atoms. The molecule has 0 aromatic heterocycles. The van der Waals surface area contributed by atoms with Crippen LogP contribution >= 0.6 is 0 Å². The van der Waals surface area contributed by atoms with Crippen LogP contribution in [-0.4, -0.2) is 32.6 Å². The molecule has 2 aromatic rings. The topological polar surface area (TPSA) is 61.8 Å². The van der Waals surface area contributed by atoms with Gasteiger partial charge in [-0.05, 0) is 60.5 Å². The minimum Gasteiger partial charge on any atom is -0.458 e. The van der Waals surface area contributed by atoms with Gasteiger partial charge in [0.25, 0.3) is 0 Å². The molecule has 0 radical (unpaired) electrons. The fraction of sp³-hybridized carbons (Fsp3) is 0.467. The van der Waals surface area contributed by atoms with Gasteiger partial charge in [0.2, 0.25) is 6.29 Å². The summed E-state index contributed by atoms with van der Waals surface area (Å²) in [6, 6.07) is 22.0. The molecule has 0 N–H and O–H groups in total. The summed E-state index contributed by atoms with van der Waals surface area (Å²) in [5.74, 6) is -0.778. The molecule has 194 valence electrons. The number of carbonyl (C=O) groups excluding carboxylic acids is 2. The van der Waals surface area contributed by atoms with Gasteiger partial charge in [-0.2, -0.15) is 0 Å². The number of aryl methyl sites for hydroxylation is 1. The lowest BCUT2D eigenvalue weighted by Gasteiger charge is -2.33. The predicted molar refractivity (Wildman–Crippen MR) is 146 cm³/mol. The van der Waals surface area contributed by atoms with Gasteiger partial charge in [0, 0.05) is 18.6 Å². The fourth-order valence-corrected chi connectivity index (χ4v) is 7.44. The number of cyclic esters (lactones) is 1. The normalized spacial score (nSPS) is 16.4. The zero-order valence-electron chi connectivity index (χ0n) is 22.1. The van der Waals surface area contributed by atoms with Crippen molar-refractivity contribution < 1.29 is 23.5 Å². The molecular formula is C30H40O5Si. The smallest absolute Gasteiger partial charge is 0.333 e. The second-order valence-corrected chi connectivity index (χ2v) is 14.3. The van der Waals surface area contributed by atoms with Crippen LogP contribution in [0.25, 0.3) is 11.1 Å². The molecule has 1 aliphatic rings. The number of esters is 2. The van der Waals surface area contributed by atoms with Gasteiger partial charge >= 0.3 is 11.9 Å². The van der Waals surface area contributed by atoms with Gasteiger partial charge < -0.3 is 13.9 Å². The quantitative estimate of drug-likeness (QED) is 0.153. The third-order valence-electron chi connectivity index (χ3n) is 7.24. The molecule has 0 amide bonds. The number of hydrogen-bond donors (Lipinski definition) is 0. The van der Waals surface area contributed by atoms with Crippen molar-refractivity contribution in [2.75, 3.05) is 0 Å². The van der Waals surface area contributed by atoms with Gasteiger partial charge in [0.1, 0.15) is 6.10 Å². The molecule has 0 fully saturated rings. The van der Waals surface area contributed by atoms with E-state index in [2.05, 4.69) is 69.3 Å². The van der Waals surface area contributed by atoms with Crippen molar-refractivity contribution in [3.63, 3.8) is 0 Å². The first-order chi connectivity index (χ1) is 17.4. The van der Waals surface area contributed by atoms with Gasteiger partial charge in [0.15, 0.2) is 8.32 Å². The molecule has 2 atom stereocenters. The lowest BCUT2D eigenvalue weighted by molar-refractivity contribution is -0.152. The number of rotatable bonds is 14. The second-order valence-electron chi connectivity index (χ2n) is 9.54. The van der Waals surface area contributed by atoms with E-state index in [0.717, 1.165) is 43.8 Å². The van der Waals surface area contributed by atoms with Crippen LogP contribution in [0.5, 0.6) is 0 Å². The zero-order chi connectivity index (χ0) is 26.0. The summed E-state index contributed by atoms with van der Waals surface area (Å²) in [6.45, 7) is 7.82. The zero-order valence-corrected chi connectivity index (χ0v) is 23.1. The summed E-state index contributed by atoms with van der Waals surface area (Å²) >= 11 is 0. The first-order valence-corrected chi connectivity index (χ1v) is 15.8. The molecule has 5 nitrogen and oxygen atoms in total. The molecule has 2 aromatic carbocycles. The van der Waals surface area contributed by atoms with E-state index in [-0.39, 0.29) is 5.97 Å². The largest absolute Gasteiger partial charge is 0.458 e.